The Balaban J connectivity index is 1.99. The van der Waals surface area contributed by atoms with Gasteiger partial charge in [0.2, 0.25) is 11.7 Å². The van der Waals surface area contributed by atoms with Crippen molar-refractivity contribution in [1.29, 1.82) is 5.26 Å². The van der Waals surface area contributed by atoms with Gasteiger partial charge in [-0.3, -0.25) is 14.2 Å². The van der Waals surface area contributed by atoms with Gasteiger partial charge in [0.1, 0.15) is 17.4 Å². The lowest BCUT2D eigenvalue weighted by molar-refractivity contribution is 0.0915. The van der Waals surface area contributed by atoms with Gasteiger partial charge in [-0.05, 0) is 37.5 Å². The third kappa shape index (κ3) is 3.76. The first-order chi connectivity index (χ1) is 13.5. The number of benzene rings is 1. The lowest BCUT2D eigenvalue weighted by Crippen LogP contribution is -2.31. The number of aromatic nitrogens is 1. The van der Waals surface area contributed by atoms with Gasteiger partial charge in [-0.25, -0.2) is 0 Å². The van der Waals surface area contributed by atoms with Crippen LogP contribution in [0.3, 0.4) is 0 Å². The van der Waals surface area contributed by atoms with Crippen LogP contribution in [0.25, 0.3) is 0 Å². The molecule has 0 atom stereocenters. The Morgan fingerprint density at radius 1 is 1.32 bits per heavy atom. The summed E-state index contributed by atoms with van der Waals surface area (Å²) in [4.78, 5) is 25.6. The molecule has 2 aromatic rings. The Morgan fingerprint density at radius 2 is 2.00 bits per heavy atom. The average Bonchev–Trinajstić information content (AvgIpc) is 2.68. The standard InChI is InChI=1S/C21H21ClN2O4/c1-13-15(11-23)20(26)24(14-7-3-2-4-8-14)21(27)19(13)17(25)12-28-18-10-6-5-9-16(18)22/h5-6,9-10,14,27H,2-4,7-8,12H2,1H3. The summed E-state index contributed by atoms with van der Waals surface area (Å²) >= 11 is 6.04. The van der Waals surface area contributed by atoms with E-state index in [-0.39, 0.29) is 35.2 Å². The molecule has 0 aliphatic heterocycles. The van der Waals surface area contributed by atoms with E-state index in [1.54, 1.807) is 24.3 Å². The van der Waals surface area contributed by atoms with Crippen LogP contribution in [0, 0.1) is 18.3 Å². The molecule has 1 aliphatic carbocycles. The van der Waals surface area contributed by atoms with Gasteiger partial charge >= 0.3 is 0 Å². The van der Waals surface area contributed by atoms with Crippen LogP contribution in [-0.4, -0.2) is 22.1 Å². The smallest absolute Gasteiger partial charge is 0.271 e. The Labute approximate surface area is 167 Å². The molecule has 3 rings (SSSR count). The van der Waals surface area contributed by atoms with E-state index < -0.39 is 11.3 Å². The van der Waals surface area contributed by atoms with Crippen LogP contribution in [0.5, 0.6) is 11.6 Å². The molecular formula is C21H21ClN2O4. The molecule has 1 saturated carbocycles. The van der Waals surface area contributed by atoms with Crippen LogP contribution in [0.1, 0.15) is 59.6 Å². The zero-order valence-electron chi connectivity index (χ0n) is 15.6. The molecule has 1 aliphatic rings. The van der Waals surface area contributed by atoms with Crippen LogP contribution < -0.4 is 10.3 Å². The van der Waals surface area contributed by atoms with Gasteiger partial charge < -0.3 is 9.84 Å². The van der Waals surface area contributed by atoms with Crippen molar-refractivity contribution in [2.24, 2.45) is 0 Å². The number of nitrogens with zero attached hydrogens (tertiary/aromatic N) is 2. The van der Waals surface area contributed by atoms with E-state index in [9.17, 15) is 20.0 Å². The summed E-state index contributed by atoms with van der Waals surface area (Å²) in [5, 5.41) is 20.6. The number of Topliss-reactive ketones (excluding diaryl/α,β-unsaturated/α-hetero) is 1. The second kappa shape index (κ2) is 8.49. The summed E-state index contributed by atoms with van der Waals surface area (Å²) in [5.41, 5.74) is -0.545. The molecule has 146 valence electrons. The number of carbonyl (C=O) groups is 1. The molecule has 0 amide bonds. The fourth-order valence-electron chi connectivity index (χ4n) is 3.71. The maximum Gasteiger partial charge on any atom is 0.271 e. The van der Waals surface area contributed by atoms with Gasteiger partial charge in [0.25, 0.3) is 5.56 Å². The summed E-state index contributed by atoms with van der Waals surface area (Å²) in [6.45, 7) is 1.12. The first-order valence-corrected chi connectivity index (χ1v) is 9.62. The minimum Gasteiger partial charge on any atom is -0.494 e. The van der Waals surface area contributed by atoms with Gasteiger partial charge in [0.15, 0.2) is 6.61 Å². The predicted molar refractivity (Wildman–Crippen MR) is 105 cm³/mol. The average molecular weight is 401 g/mol. The molecule has 0 unspecified atom stereocenters. The fourth-order valence-corrected chi connectivity index (χ4v) is 3.90. The van der Waals surface area contributed by atoms with Gasteiger partial charge in [0.05, 0.1) is 10.6 Å². The van der Waals surface area contributed by atoms with Crippen molar-refractivity contribution in [3.05, 3.63) is 56.3 Å². The number of halogens is 1. The number of hydrogen-bond donors (Lipinski definition) is 1. The van der Waals surface area contributed by atoms with Crippen molar-refractivity contribution in [2.45, 2.75) is 45.1 Å². The largest absolute Gasteiger partial charge is 0.494 e. The van der Waals surface area contributed by atoms with E-state index in [2.05, 4.69) is 0 Å². The Bertz CT molecular complexity index is 1000. The molecule has 1 N–H and O–H groups in total. The fraction of sp³-hybridized carbons (Fsp3) is 0.381. The van der Waals surface area contributed by atoms with Crippen LogP contribution in [-0.2, 0) is 0 Å². The number of pyridine rings is 1. The number of carbonyl (C=O) groups excluding carboxylic acids is 1. The first-order valence-electron chi connectivity index (χ1n) is 9.24. The first kappa shape index (κ1) is 20.0. The number of ketones is 1. The van der Waals surface area contributed by atoms with Crippen LogP contribution in [0.2, 0.25) is 5.02 Å². The van der Waals surface area contributed by atoms with E-state index in [0.29, 0.717) is 10.8 Å². The van der Waals surface area contributed by atoms with Gasteiger partial charge in [-0.1, -0.05) is 43.0 Å². The zero-order valence-corrected chi connectivity index (χ0v) is 16.3. The van der Waals surface area contributed by atoms with E-state index in [0.717, 1.165) is 32.1 Å². The minimum absolute atomic E-state index is 0.0474. The number of nitriles is 1. The number of ether oxygens (including phenoxy) is 1. The van der Waals surface area contributed by atoms with Crippen molar-refractivity contribution < 1.29 is 14.6 Å². The quantitative estimate of drug-likeness (QED) is 0.761. The normalized spacial score (nSPS) is 14.5. The highest BCUT2D eigenvalue weighted by atomic mass is 35.5. The van der Waals surface area contributed by atoms with Crippen molar-refractivity contribution in [3.8, 4) is 17.7 Å². The molecule has 1 aromatic carbocycles. The van der Waals surface area contributed by atoms with Gasteiger partial charge in [-0.15, -0.1) is 0 Å². The summed E-state index contributed by atoms with van der Waals surface area (Å²) in [6.07, 6.45) is 4.40. The molecule has 1 aromatic heterocycles. The summed E-state index contributed by atoms with van der Waals surface area (Å²) in [7, 11) is 0. The SMILES string of the molecule is Cc1c(C(=O)COc2ccccc2Cl)c(O)n(C2CCCCC2)c(=O)c1C#N. The molecule has 6 nitrogen and oxygen atoms in total. The topological polar surface area (TPSA) is 92.3 Å². The molecule has 0 bridgehead atoms. The minimum atomic E-state index is -0.548. The van der Waals surface area contributed by atoms with E-state index >= 15 is 0 Å². The maximum absolute atomic E-state index is 12.8. The Hall–Kier alpha value is -2.78. The lowest BCUT2D eigenvalue weighted by atomic mass is 9.93. The van der Waals surface area contributed by atoms with Crippen LogP contribution in [0.15, 0.2) is 29.1 Å². The molecule has 0 radical (unpaired) electrons. The highest BCUT2D eigenvalue weighted by Gasteiger charge is 2.28. The third-order valence-corrected chi connectivity index (χ3v) is 5.47. The highest BCUT2D eigenvalue weighted by Crippen LogP contribution is 2.33. The van der Waals surface area contributed by atoms with Crippen molar-refractivity contribution in [2.75, 3.05) is 6.61 Å². The Morgan fingerprint density at radius 3 is 2.64 bits per heavy atom. The molecule has 0 saturated heterocycles. The predicted octanol–water partition coefficient (Wildman–Crippen LogP) is 4.15. The zero-order chi connectivity index (χ0) is 20.3. The van der Waals surface area contributed by atoms with Crippen LogP contribution in [0.4, 0.5) is 0 Å². The molecule has 28 heavy (non-hydrogen) atoms. The van der Waals surface area contributed by atoms with Crippen molar-refractivity contribution in [1.82, 2.24) is 4.57 Å². The van der Waals surface area contributed by atoms with E-state index in [1.165, 1.54) is 11.5 Å². The number of para-hydroxylation sites is 1. The van der Waals surface area contributed by atoms with Crippen LogP contribution >= 0.6 is 11.6 Å². The number of hydrogen-bond acceptors (Lipinski definition) is 5. The second-order valence-electron chi connectivity index (χ2n) is 6.92. The molecular weight excluding hydrogens is 380 g/mol. The lowest BCUT2D eigenvalue weighted by Gasteiger charge is -2.26. The second-order valence-corrected chi connectivity index (χ2v) is 7.33. The van der Waals surface area contributed by atoms with Gasteiger partial charge in [0, 0.05) is 6.04 Å². The number of aromatic hydroxyl groups is 1. The maximum atomic E-state index is 12.8. The number of rotatable bonds is 5. The highest BCUT2D eigenvalue weighted by molar-refractivity contribution is 6.32. The third-order valence-electron chi connectivity index (χ3n) is 5.16. The summed E-state index contributed by atoms with van der Waals surface area (Å²) < 4.78 is 6.70. The molecule has 1 fully saturated rings. The molecule has 0 spiro atoms. The summed E-state index contributed by atoms with van der Waals surface area (Å²) in [5.74, 6) is -0.562. The Kier molecular flexibility index (Phi) is 6.05. The van der Waals surface area contributed by atoms with Crippen molar-refractivity contribution >= 4 is 17.4 Å². The molecule has 1 heterocycles. The van der Waals surface area contributed by atoms with Gasteiger partial charge in [-0.2, -0.15) is 5.26 Å². The van der Waals surface area contributed by atoms with E-state index in [4.69, 9.17) is 16.3 Å². The monoisotopic (exact) mass is 400 g/mol. The van der Waals surface area contributed by atoms with E-state index in [1.807, 2.05) is 6.07 Å². The summed E-state index contributed by atoms with van der Waals surface area (Å²) in [6, 6.07) is 8.41. The molecule has 7 heteroatoms. The van der Waals surface area contributed by atoms with Crippen molar-refractivity contribution in [3.63, 3.8) is 0 Å².